The molecule has 2 atom stereocenters. The smallest absolute Gasteiger partial charge is 0.401 e. The van der Waals surface area contributed by atoms with Gasteiger partial charge in [0.2, 0.25) is 0 Å². The summed E-state index contributed by atoms with van der Waals surface area (Å²) in [5.41, 5.74) is 0. The maximum absolute atomic E-state index is 12.3. The topological polar surface area (TPSA) is 28.4 Å². The second kappa shape index (κ2) is 7.31. The van der Waals surface area contributed by atoms with Gasteiger partial charge in [-0.3, -0.25) is 4.90 Å². The Bertz CT molecular complexity index is 406. The third kappa shape index (κ3) is 6.09. The first-order valence-electron chi connectivity index (χ1n) is 7.47. The first-order valence-corrected chi connectivity index (χ1v) is 7.47. The van der Waals surface area contributed by atoms with Gasteiger partial charge in [0.1, 0.15) is 5.76 Å². The van der Waals surface area contributed by atoms with Crippen molar-refractivity contribution in [2.24, 2.45) is 5.92 Å². The molecule has 0 saturated carbocycles. The van der Waals surface area contributed by atoms with Crippen molar-refractivity contribution < 1.29 is 17.6 Å². The van der Waals surface area contributed by atoms with Crippen molar-refractivity contribution in [3.63, 3.8) is 0 Å². The van der Waals surface area contributed by atoms with Crippen molar-refractivity contribution in [1.29, 1.82) is 0 Å². The molecule has 0 amide bonds. The van der Waals surface area contributed by atoms with Crippen LogP contribution in [-0.2, 0) is 6.42 Å². The van der Waals surface area contributed by atoms with Crippen LogP contribution in [0, 0.1) is 5.92 Å². The Labute approximate surface area is 123 Å². The summed E-state index contributed by atoms with van der Waals surface area (Å²) < 4.78 is 42.2. The van der Waals surface area contributed by atoms with Crippen LogP contribution in [0.5, 0.6) is 0 Å². The van der Waals surface area contributed by atoms with Crippen LogP contribution in [0.3, 0.4) is 0 Å². The fourth-order valence-corrected chi connectivity index (χ4v) is 2.76. The normalized spacial score (nSPS) is 21.8. The summed E-state index contributed by atoms with van der Waals surface area (Å²) in [6.45, 7) is 3.20. The minimum absolute atomic E-state index is 0.318. The van der Waals surface area contributed by atoms with Gasteiger partial charge in [-0.25, -0.2) is 0 Å². The van der Waals surface area contributed by atoms with E-state index in [1.54, 1.807) is 6.26 Å². The average Bonchev–Trinajstić information content (AvgIpc) is 3.03. The van der Waals surface area contributed by atoms with Crippen LogP contribution in [0.1, 0.15) is 25.5 Å². The zero-order chi connectivity index (χ0) is 15.3. The van der Waals surface area contributed by atoms with Crippen molar-refractivity contribution in [1.82, 2.24) is 10.2 Å². The molecule has 0 radical (unpaired) electrons. The van der Waals surface area contributed by atoms with Gasteiger partial charge in [-0.2, -0.15) is 13.2 Å². The number of nitrogens with zero attached hydrogens (tertiary/aromatic N) is 1. The van der Waals surface area contributed by atoms with Gasteiger partial charge in [-0.15, -0.1) is 0 Å². The van der Waals surface area contributed by atoms with Gasteiger partial charge in [0.15, 0.2) is 0 Å². The number of hydrogen-bond donors (Lipinski definition) is 1. The SMILES string of the molecule is CC(CCc1ccco1)NCC1CCN(CC(F)(F)F)C1. The molecule has 0 aliphatic carbocycles. The average molecular weight is 304 g/mol. The molecule has 1 saturated heterocycles. The largest absolute Gasteiger partial charge is 0.469 e. The van der Waals surface area contributed by atoms with Gasteiger partial charge < -0.3 is 9.73 Å². The number of halogens is 3. The van der Waals surface area contributed by atoms with E-state index < -0.39 is 12.7 Å². The number of likely N-dealkylation sites (tertiary alicyclic amines) is 1. The zero-order valence-corrected chi connectivity index (χ0v) is 12.3. The molecule has 1 aliphatic heterocycles. The highest BCUT2D eigenvalue weighted by atomic mass is 19.4. The third-order valence-electron chi connectivity index (χ3n) is 3.93. The molecular formula is C15H23F3N2O. The van der Waals surface area contributed by atoms with E-state index in [0.29, 0.717) is 25.0 Å². The van der Waals surface area contributed by atoms with E-state index in [0.717, 1.165) is 31.6 Å². The number of furan rings is 1. The summed E-state index contributed by atoms with van der Waals surface area (Å²) in [4.78, 5) is 1.50. The van der Waals surface area contributed by atoms with Crippen LogP contribution in [0.15, 0.2) is 22.8 Å². The summed E-state index contributed by atoms with van der Waals surface area (Å²) in [6, 6.07) is 4.17. The molecule has 0 aromatic carbocycles. The Kier molecular flexibility index (Phi) is 5.70. The van der Waals surface area contributed by atoms with E-state index in [9.17, 15) is 13.2 Å². The maximum Gasteiger partial charge on any atom is 0.401 e. The maximum atomic E-state index is 12.3. The second-order valence-corrected chi connectivity index (χ2v) is 5.93. The fraction of sp³-hybridized carbons (Fsp3) is 0.733. The number of alkyl halides is 3. The molecular weight excluding hydrogens is 281 g/mol. The van der Waals surface area contributed by atoms with Crippen LogP contribution >= 0.6 is 0 Å². The molecule has 6 heteroatoms. The number of rotatable bonds is 7. The van der Waals surface area contributed by atoms with Gasteiger partial charge in [0.25, 0.3) is 0 Å². The molecule has 1 aromatic rings. The van der Waals surface area contributed by atoms with Gasteiger partial charge >= 0.3 is 6.18 Å². The summed E-state index contributed by atoms with van der Waals surface area (Å²) >= 11 is 0. The quantitative estimate of drug-likeness (QED) is 0.839. The summed E-state index contributed by atoms with van der Waals surface area (Å²) in [6.07, 6.45) is 0.270. The highest BCUT2D eigenvalue weighted by Gasteiger charge is 2.34. The lowest BCUT2D eigenvalue weighted by atomic mass is 10.1. The van der Waals surface area contributed by atoms with Gasteiger partial charge in [-0.1, -0.05) is 0 Å². The van der Waals surface area contributed by atoms with Crippen LogP contribution in [-0.4, -0.2) is 43.3 Å². The number of nitrogens with one attached hydrogen (secondary N) is 1. The standard InChI is InChI=1S/C15H23F3N2O/c1-12(4-5-14-3-2-8-21-14)19-9-13-6-7-20(10-13)11-15(16,17)18/h2-3,8,12-13,19H,4-7,9-11H2,1H3. The van der Waals surface area contributed by atoms with Gasteiger partial charge in [-0.05, 0) is 50.9 Å². The second-order valence-electron chi connectivity index (χ2n) is 5.93. The predicted octanol–water partition coefficient (Wildman–Crippen LogP) is 3.07. The monoisotopic (exact) mass is 304 g/mol. The lowest BCUT2D eigenvalue weighted by Gasteiger charge is -2.19. The third-order valence-corrected chi connectivity index (χ3v) is 3.93. The molecule has 0 spiro atoms. The molecule has 0 bridgehead atoms. The van der Waals surface area contributed by atoms with Gasteiger partial charge in [0.05, 0.1) is 12.8 Å². The van der Waals surface area contributed by atoms with E-state index in [2.05, 4.69) is 12.2 Å². The molecule has 1 N–H and O–H groups in total. The Morgan fingerprint density at radius 2 is 2.29 bits per heavy atom. The first kappa shape index (κ1) is 16.4. The van der Waals surface area contributed by atoms with E-state index >= 15 is 0 Å². The Hall–Kier alpha value is -1.01. The van der Waals surface area contributed by atoms with Gasteiger partial charge in [0, 0.05) is 19.0 Å². The molecule has 21 heavy (non-hydrogen) atoms. The molecule has 1 aromatic heterocycles. The molecule has 2 rings (SSSR count). The highest BCUT2D eigenvalue weighted by molar-refractivity contribution is 4.98. The molecule has 2 heterocycles. The Morgan fingerprint density at radius 1 is 1.48 bits per heavy atom. The van der Waals surface area contributed by atoms with Crippen LogP contribution in [0.2, 0.25) is 0 Å². The molecule has 2 unspecified atom stereocenters. The minimum Gasteiger partial charge on any atom is -0.469 e. The number of aryl methyl sites for hydroxylation is 1. The Balaban J connectivity index is 1.60. The van der Waals surface area contributed by atoms with Crippen molar-refractivity contribution >= 4 is 0 Å². The van der Waals surface area contributed by atoms with E-state index in [1.165, 1.54) is 4.90 Å². The van der Waals surface area contributed by atoms with Crippen LogP contribution < -0.4 is 5.32 Å². The fourth-order valence-electron chi connectivity index (χ4n) is 2.76. The Morgan fingerprint density at radius 3 is 2.95 bits per heavy atom. The van der Waals surface area contributed by atoms with Crippen molar-refractivity contribution in [3.8, 4) is 0 Å². The predicted molar refractivity (Wildman–Crippen MR) is 75.1 cm³/mol. The van der Waals surface area contributed by atoms with Crippen LogP contribution in [0.4, 0.5) is 13.2 Å². The summed E-state index contributed by atoms with van der Waals surface area (Å²) in [7, 11) is 0. The summed E-state index contributed by atoms with van der Waals surface area (Å²) in [5.74, 6) is 1.29. The number of hydrogen-bond acceptors (Lipinski definition) is 3. The molecule has 1 fully saturated rings. The van der Waals surface area contributed by atoms with Crippen molar-refractivity contribution in [3.05, 3.63) is 24.2 Å². The van der Waals surface area contributed by atoms with E-state index in [-0.39, 0.29) is 0 Å². The zero-order valence-electron chi connectivity index (χ0n) is 12.3. The van der Waals surface area contributed by atoms with Crippen molar-refractivity contribution in [2.75, 3.05) is 26.2 Å². The lowest BCUT2D eigenvalue weighted by Crippen LogP contribution is -2.35. The molecule has 120 valence electrons. The highest BCUT2D eigenvalue weighted by Crippen LogP contribution is 2.22. The minimum atomic E-state index is -4.08. The summed E-state index contributed by atoms with van der Waals surface area (Å²) in [5, 5.41) is 3.42. The van der Waals surface area contributed by atoms with E-state index in [4.69, 9.17) is 4.42 Å². The van der Waals surface area contributed by atoms with Crippen LogP contribution in [0.25, 0.3) is 0 Å². The van der Waals surface area contributed by atoms with Crippen molar-refractivity contribution in [2.45, 2.75) is 38.4 Å². The molecule has 3 nitrogen and oxygen atoms in total. The van der Waals surface area contributed by atoms with E-state index in [1.807, 2.05) is 12.1 Å². The lowest BCUT2D eigenvalue weighted by molar-refractivity contribution is -0.143. The molecule has 1 aliphatic rings. The first-order chi connectivity index (χ1) is 9.92.